The molecule has 2 aliphatic rings. The molecule has 2 N–H and O–H groups in total. The molecule has 1 saturated heterocycles. The number of esters is 1. The zero-order chi connectivity index (χ0) is 26.3. The van der Waals surface area contributed by atoms with E-state index in [1.807, 2.05) is 16.7 Å². The topological polar surface area (TPSA) is 113 Å². The maximum atomic E-state index is 15.6. The number of aromatic nitrogens is 1. The van der Waals surface area contributed by atoms with E-state index in [0.717, 1.165) is 18.9 Å². The van der Waals surface area contributed by atoms with Gasteiger partial charge in [0.15, 0.2) is 16.7 Å². The number of halogens is 1. The van der Waals surface area contributed by atoms with Crippen LogP contribution in [-0.4, -0.2) is 77.6 Å². The number of carboxylic acid groups (broad SMARTS) is 1. The van der Waals surface area contributed by atoms with Crippen molar-refractivity contribution >= 4 is 45.9 Å². The minimum Gasteiger partial charge on any atom is -0.492 e. The van der Waals surface area contributed by atoms with E-state index in [4.69, 9.17) is 21.7 Å². The maximum Gasteiger partial charge on any atom is 0.341 e. The van der Waals surface area contributed by atoms with Gasteiger partial charge in [-0.1, -0.05) is 0 Å². The van der Waals surface area contributed by atoms with Crippen molar-refractivity contribution in [3.05, 3.63) is 33.9 Å². The average molecular weight is 521 g/mol. The number of benzene rings is 1. The Kier molecular flexibility index (Phi) is 7.07. The second-order valence-electron chi connectivity index (χ2n) is 9.13. The number of aromatic carboxylic acids is 1. The average Bonchev–Trinajstić information content (AvgIpc) is 3.68. The Bertz CT molecular complexity index is 1290. The van der Waals surface area contributed by atoms with Gasteiger partial charge >= 0.3 is 11.9 Å². The van der Waals surface area contributed by atoms with Gasteiger partial charge in [-0.2, -0.15) is 0 Å². The first-order valence-electron chi connectivity index (χ1n) is 11.7. The Labute approximate surface area is 212 Å². The Hall–Kier alpha value is -3.41. The van der Waals surface area contributed by atoms with Crippen molar-refractivity contribution in [2.24, 2.45) is 0 Å². The van der Waals surface area contributed by atoms with Crippen LogP contribution in [0.1, 0.15) is 43.1 Å². The fourth-order valence-electron chi connectivity index (χ4n) is 4.69. The van der Waals surface area contributed by atoms with Crippen LogP contribution in [0.15, 0.2) is 17.1 Å². The number of carbonyl (C=O) groups excluding carboxylic acids is 1. The third-order valence-corrected chi connectivity index (χ3v) is 7.02. The molecule has 4 rings (SSSR count). The van der Waals surface area contributed by atoms with Crippen LogP contribution in [0, 0.1) is 5.82 Å². The molecule has 1 aliphatic heterocycles. The van der Waals surface area contributed by atoms with Crippen molar-refractivity contribution in [1.29, 1.82) is 0 Å². The predicted molar refractivity (Wildman–Crippen MR) is 136 cm³/mol. The molecule has 0 spiro atoms. The van der Waals surface area contributed by atoms with Crippen molar-refractivity contribution in [2.75, 3.05) is 38.8 Å². The largest absolute Gasteiger partial charge is 0.492 e. The number of fused-ring (bicyclic) bond motifs is 1. The van der Waals surface area contributed by atoms with Crippen LogP contribution in [0.25, 0.3) is 10.9 Å². The molecule has 1 aliphatic carbocycles. The lowest BCUT2D eigenvalue weighted by molar-refractivity contribution is -0.142. The number of pyridine rings is 1. The van der Waals surface area contributed by atoms with Crippen LogP contribution in [0.3, 0.4) is 0 Å². The Morgan fingerprint density at radius 1 is 1.28 bits per heavy atom. The first-order valence-corrected chi connectivity index (χ1v) is 12.1. The van der Waals surface area contributed by atoms with Gasteiger partial charge in [-0.25, -0.2) is 14.0 Å². The molecule has 2 atom stereocenters. The first-order chi connectivity index (χ1) is 17.1. The van der Waals surface area contributed by atoms with Crippen molar-refractivity contribution in [1.82, 2.24) is 14.8 Å². The van der Waals surface area contributed by atoms with Crippen molar-refractivity contribution < 1.29 is 28.6 Å². The summed E-state index contributed by atoms with van der Waals surface area (Å²) in [4.78, 5) is 40.1. The minimum atomic E-state index is -1.35. The zero-order valence-corrected chi connectivity index (χ0v) is 21.4. The number of piperazine rings is 1. The summed E-state index contributed by atoms with van der Waals surface area (Å²) in [5, 5.41) is 12.9. The predicted octanol–water partition coefficient (Wildman–Crippen LogP) is 2.13. The number of hydrogen-bond acceptors (Lipinski definition) is 7. The molecule has 36 heavy (non-hydrogen) atoms. The summed E-state index contributed by atoms with van der Waals surface area (Å²) in [6.07, 6.45) is 3.00. The van der Waals surface area contributed by atoms with E-state index in [1.54, 1.807) is 11.5 Å². The van der Waals surface area contributed by atoms with Gasteiger partial charge in [-0.3, -0.25) is 4.79 Å². The van der Waals surface area contributed by atoms with Crippen LogP contribution in [-0.2, 0) is 9.53 Å². The van der Waals surface area contributed by atoms with E-state index in [0.29, 0.717) is 30.3 Å². The van der Waals surface area contributed by atoms with Crippen LogP contribution in [0.5, 0.6) is 5.75 Å². The SMILES string of the molecule is COC(=O)[C@@H](C)NC(=S)N1CCN(c2c(F)cc3c(=O)c(C(=O)O)cn(C4CC4)c3c2OC)C[C@H]1C. The molecule has 1 aromatic carbocycles. The minimum absolute atomic E-state index is 0.0197. The van der Waals surface area contributed by atoms with Gasteiger partial charge < -0.3 is 34.3 Å². The molecule has 0 unspecified atom stereocenters. The van der Waals surface area contributed by atoms with Crippen molar-refractivity contribution in [3.8, 4) is 5.75 Å². The molecule has 0 radical (unpaired) electrons. The quantitative estimate of drug-likeness (QED) is 0.434. The second-order valence-corrected chi connectivity index (χ2v) is 9.52. The number of carbonyl (C=O) groups is 2. The zero-order valence-electron chi connectivity index (χ0n) is 20.5. The van der Waals surface area contributed by atoms with Gasteiger partial charge in [0.1, 0.15) is 17.3 Å². The normalized spacial score (nSPS) is 18.6. The summed E-state index contributed by atoms with van der Waals surface area (Å²) in [6.45, 7) is 4.85. The standard InChI is InChI=1S/C24H29FN4O6S/c1-12-10-27(7-8-28(12)24(36)26-13(2)23(33)35-4)19-17(25)9-15-18(21(19)34-3)29(14-5-6-14)11-16(20(15)30)22(31)32/h9,11-14H,5-8,10H2,1-4H3,(H,26,36)(H,31,32)/t12-,13-/m1/s1. The number of carboxylic acids is 1. The smallest absolute Gasteiger partial charge is 0.341 e. The number of methoxy groups -OCH3 is 2. The lowest BCUT2D eigenvalue weighted by Gasteiger charge is -2.43. The molecule has 1 aromatic heterocycles. The maximum absolute atomic E-state index is 15.6. The highest BCUT2D eigenvalue weighted by Gasteiger charge is 2.34. The van der Waals surface area contributed by atoms with Gasteiger partial charge in [-0.15, -0.1) is 0 Å². The molecule has 2 fully saturated rings. The summed E-state index contributed by atoms with van der Waals surface area (Å²) >= 11 is 5.49. The lowest BCUT2D eigenvalue weighted by atomic mass is 10.1. The van der Waals surface area contributed by atoms with Crippen molar-refractivity contribution in [3.63, 3.8) is 0 Å². The Morgan fingerprint density at radius 2 is 1.97 bits per heavy atom. The molecule has 12 heteroatoms. The number of ether oxygens (including phenoxy) is 2. The highest BCUT2D eigenvalue weighted by molar-refractivity contribution is 7.80. The van der Waals surface area contributed by atoms with E-state index in [9.17, 15) is 19.5 Å². The molecule has 2 aromatic rings. The van der Waals surface area contributed by atoms with Gasteiger partial charge in [0.05, 0.1) is 25.1 Å². The highest BCUT2D eigenvalue weighted by atomic mass is 32.1. The highest BCUT2D eigenvalue weighted by Crippen LogP contribution is 2.44. The number of hydrogen-bond donors (Lipinski definition) is 2. The number of nitrogens with one attached hydrogen (secondary N) is 1. The molecule has 0 bridgehead atoms. The molecule has 1 saturated carbocycles. The molecule has 194 valence electrons. The van der Waals surface area contributed by atoms with Gasteiger partial charge in [0, 0.05) is 37.9 Å². The number of thiocarbonyl (C=S) groups is 1. The van der Waals surface area contributed by atoms with Crippen LogP contribution >= 0.6 is 12.2 Å². The van der Waals surface area contributed by atoms with E-state index < -0.39 is 34.8 Å². The summed E-state index contributed by atoms with van der Waals surface area (Å²) in [7, 11) is 2.72. The third kappa shape index (κ3) is 4.57. The van der Waals surface area contributed by atoms with Gasteiger partial charge in [0.25, 0.3) is 0 Å². The Morgan fingerprint density at radius 3 is 2.53 bits per heavy atom. The summed E-state index contributed by atoms with van der Waals surface area (Å²) < 4.78 is 27.7. The number of anilines is 1. The summed E-state index contributed by atoms with van der Waals surface area (Å²) in [5.74, 6) is -2.25. The van der Waals surface area contributed by atoms with Gasteiger partial charge in [-0.05, 0) is 45.0 Å². The fourth-order valence-corrected chi connectivity index (χ4v) is 5.14. The van der Waals surface area contributed by atoms with E-state index >= 15 is 4.39 Å². The lowest BCUT2D eigenvalue weighted by Crippen LogP contribution is -2.58. The monoisotopic (exact) mass is 520 g/mol. The fraction of sp³-hybridized carbons (Fsp3) is 0.500. The second kappa shape index (κ2) is 9.92. The van der Waals surface area contributed by atoms with Crippen molar-refractivity contribution in [2.45, 2.75) is 44.8 Å². The molecule has 10 nitrogen and oxygen atoms in total. The van der Waals surface area contributed by atoms with E-state index in [2.05, 4.69) is 5.32 Å². The van der Waals surface area contributed by atoms with E-state index in [1.165, 1.54) is 20.4 Å². The Balaban J connectivity index is 1.70. The van der Waals surface area contributed by atoms with Gasteiger partial charge in [0.2, 0.25) is 5.43 Å². The number of nitrogens with zero attached hydrogens (tertiary/aromatic N) is 3. The van der Waals surface area contributed by atoms with Crippen LogP contribution < -0.4 is 20.4 Å². The summed E-state index contributed by atoms with van der Waals surface area (Å²) in [5.41, 5.74) is -0.527. The first kappa shape index (κ1) is 25.7. The van der Waals surface area contributed by atoms with Crippen LogP contribution in [0.2, 0.25) is 0 Å². The third-order valence-electron chi connectivity index (χ3n) is 6.67. The van der Waals surface area contributed by atoms with E-state index in [-0.39, 0.29) is 28.9 Å². The molecular weight excluding hydrogens is 491 g/mol. The molecule has 2 heterocycles. The number of rotatable bonds is 6. The van der Waals surface area contributed by atoms with Crippen LogP contribution in [0.4, 0.5) is 10.1 Å². The molecule has 0 amide bonds. The summed E-state index contributed by atoms with van der Waals surface area (Å²) in [6, 6.07) is 0.390. The molecular formula is C24H29FN4O6S.